The van der Waals surface area contributed by atoms with E-state index >= 15 is 0 Å². The van der Waals surface area contributed by atoms with E-state index in [0.717, 1.165) is 12.1 Å². The minimum Gasteiger partial charge on any atom is -0.339 e. The Labute approximate surface area is 180 Å². The molecule has 1 aromatic rings. The van der Waals surface area contributed by atoms with Gasteiger partial charge in [-0.05, 0) is 42.8 Å². The maximum atomic E-state index is 11.5. The number of carbonyl (C=O) groups excluding carboxylic acids is 1. The van der Waals surface area contributed by atoms with Crippen molar-refractivity contribution in [3.05, 3.63) is 29.8 Å². The fourth-order valence-electron chi connectivity index (χ4n) is 2.21. The number of hydrogen-bond donors (Lipinski definition) is 3. The van der Waals surface area contributed by atoms with Crippen LogP contribution in [-0.2, 0) is 11.2 Å². The number of aryl methyl sites for hydroxylation is 1. The maximum Gasteiger partial charge on any atom is 0.236 e. The molecule has 4 nitrogen and oxygen atoms in total. The van der Waals surface area contributed by atoms with Crippen LogP contribution in [0.5, 0.6) is 0 Å². The van der Waals surface area contributed by atoms with Gasteiger partial charge >= 0.3 is 0 Å². The molecule has 9 heteroatoms. The second kappa shape index (κ2) is 12.1. The van der Waals surface area contributed by atoms with Crippen LogP contribution in [0.2, 0.25) is 0 Å². The zero-order valence-electron chi connectivity index (χ0n) is 14.5. The monoisotopic (exact) mass is 457 g/mol. The predicted molar refractivity (Wildman–Crippen MR) is 117 cm³/mol. The third-order valence-corrected chi connectivity index (χ3v) is 4.68. The highest BCUT2D eigenvalue weighted by Crippen LogP contribution is 2.29. The third kappa shape index (κ3) is 9.47. The number of rotatable bonds is 9. The van der Waals surface area contributed by atoms with Crippen LogP contribution in [0.1, 0.15) is 38.2 Å². The summed E-state index contributed by atoms with van der Waals surface area (Å²) in [7, 11) is 0. The van der Waals surface area contributed by atoms with E-state index in [1.165, 1.54) is 31.2 Å². The molecule has 0 aliphatic rings. The molecule has 0 aromatic heterocycles. The zero-order chi connectivity index (χ0) is 19.6. The molecular weight excluding hydrogens is 436 g/mol. The van der Waals surface area contributed by atoms with Gasteiger partial charge in [-0.2, -0.15) is 0 Å². The van der Waals surface area contributed by atoms with Crippen LogP contribution in [0.25, 0.3) is 0 Å². The first-order chi connectivity index (χ1) is 12.3. The molecule has 3 N–H and O–H groups in total. The van der Waals surface area contributed by atoms with Gasteiger partial charge in [-0.15, -0.1) is 11.6 Å². The Kier molecular flexibility index (Phi) is 11.0. The first-order valence-corrected chi connectivity index (χ1v) is 10.4. The number of halogens is 4. The number of benzene rings is 1. The zero-order valence-corrected chi connectivity index (χ0v) is 18.3. The average molecular weight is 459 g/mol. The Hall–Kier alpha value is -0.460. The number of alkyl halides is 4. The molecule has 0 aliphatic heterocycles. The Morgan fingerprint density at radius 3 is 2.31 bits per heavy atom. The van der Waals surface area contributed by atoms with Crippen LogP contribution < -0.4 is 16.0 Å². The molecule has 146 valence electrons. The topological polar surface area (TPSA) is 53.2 Å². The van der Waals surface area contributed by atoms with Crippen LogP contribution in [0.15, 0.2) is 24.3 Å². The van der Waals surface area contributed by atoms with Crippen molar-refractivity contribution in [2.45, 2.75) is 49.0 Å². The summed E-state index contributed by atoms with van der Waals surface area (Å²) in [6.07, 6.45) is 4.97. The molecule has 0 spiro atoms. The summed E-state index contributed by atoms with van der Waals surface area (Å²) in [5.74, 6) is -0.732. The van der Waals surface area contributed by atoms with Crippen LogP contribution in [0, 0.1) is 0 Å². The SMILES string of the molecule is CCCCCCc1ccc(NC(=S)N[C@H](NC(=O)CCl)C(Cl)(Cl)Cl)cc1. The molecule has 0 heterocycles. The highest BCUT2D eigenvalue weighted by atomic mass is 35.6. The van der Waals surface area contributed by atoms with Crippen LogP contribution in [0.3, 0.4) is 0 Å². The van der Waals surface area contributed by atoms with Crippen molar-refractivity contribution in [1.82, 2.24) is 10.6 Å². The van der Waals surface area contributed by atoms with Gasteiger partial charge in [0, 0.05) is 5.69 Å². The highest BCUT2D eigenvalue weighted by Gasteiger charge is 2.34. The van der Waals surface area contributed by atoms with Crippen LogP contribution >= 0.6 is 58.6 Å². The Balaban J connectivity index is 2.56. The molecule has 0 saturated heterocycles. The van der Waals surface area contributed by atoms with Gasteiger partial charge in [0.2, 0.25) is 9.70 Å². The fourth-order valence-corrected chi connectivity index (χ4v) is 2.85. The predicted octanol–water partition coefficient (Wildman–Crippen LogP) is 5.15. The van der Waals surface area contributed by atoms with Crippen molar-refractivity contribution in [2.24, 2.45) is 0 Å². The van der Waals surface area contributed by atoms with Crippen LogP contribution in [-0.4, -0.2) is 26.9 Å². The minimum atomic E-state index is -1.80. The summed E-state index contributed by atoms with van der Waals surface area (Å²) in [6, 6.07) is 7.98. The normalized spacial score (nSPS) is 12.3. The Morgan fingerprint density at radius 2 is 1.77 bits per heavy atom. The quantitative estimate of drug-likeness (QED) is 0.207. The van der Waals surface area contributed by atoms with Crippen molar-refractivity contribution >= 4 is 75.3 Å². The smallest absolute Gasteiger partial charge is 0.236 e. The molecule has 0 saturated carbocycles. The van der Waals surface area contributed by atoms with Crippen molar-refractivity contribution in [1.29, 1.82) is 0 Å². The number of hydrogen-bond acceptors (Lipinski definition) is 2. The lowest BCUT2D eigenvalue weighted by atomic mass is 10.1. The van der Waals surface area contributed by atoms with E-state index in [9.17, 15) is 4.79 Å². The molecule has 0 bridgehead atoms. The molecule has 0 radical (unpaired) electrons. The summed E-state index contributed by atoms with van der Waals surface area (Å²) in [4.78, 5) is 11.5. The van der Waals surface area contributed by atoms with E-state index < -0.39 is 15.9 Å². The van der Waals surface area contributed by atoms with Gasteiger partial charge in [-0.1, -0.05) is 73.1 Å². The third-order valence-electron chi connectivity index (χ3n) is 3.56. The molecule has 0 fully saturated rings. The first-order valence-electron chi connectivity index (χ1n) is 8.34. The number of unbranched alkanes of at least 4 members (excludes halogenated alkanes) is 3. The summed E-state index contributed by atoms with van der Waals surface area (Å²) < 4.78 is -1.80. The van der Waals surface area contributed by atoms with Gasteiger partial charge in [0.05, 0.1) is 0 Å². The van der Waals surface area contributed by atoms with Gasteiger partial charge in [0.1, 0.15) is 12.0 Å². The molecule has 1 aromatic carbocycles. The van der Waals surface area contributed by atoms with E-state index in [4.69, 9.17) is 58.6 Å². The van der Waals surface area contributed by atoms with Crippen molar-refractivity contribution in [3.63, 3.8) is 0 Å². The summed E-state index contributed by atoms with van der Waals surface area (Å²) in [5.41, 5.74) is 2.07. The van der Waals surface area contributed by atoms with E-state index in [1.54, 1.807) is 0 Å². The van der Waals surface area contributed by atoms with Gasteiger partial charge < -0.3 is 16.0 Å². The number of amides is 1. The van der Waals surface area contributed by atoms with Gasteiger partial charge in [-0.3, -0.25) is 4.79 Å². The second-order valence-electron chi connectivity index (χ2n) is 5.78. The first kappa shape index (κ1) is 23.6. The van der Waals surface area contributed by atoms with Crippen LogP contribution in [0.4, 0.5) is 5.69 Å². The lowest BCUT2D eigenvalue weighted by Crippen LogP contribution is -2.56. The van der Waals surface area contributed by atoms with Crippen molar-refractivity contribution in [2.75, 3.05) is 11.2 Å². The Morgan fingerprint density at radius 1 is 1.12 bits per heavy atom. The van der Waals surface area contributed by atoms with Gasteiger partial charge in [-0.25, -0.2) is 0 Å². The van der Waals surface area contributed by atoms with Gasteiger partial charge in [0.25, 0.3) is 0 Å². The molecule has 0 unspecified atom stereocenters. The van der Waals surface area contributed by atoms with E-state index in [0.29, 0.717) is 0 Å². The standard InChI is InChI=1S/C17H23Cl4N3OS/c1-2-3-4-5-6-12-7-9-13(10-8-12)22-16(26)24-15(17(19,20)21)23-14(25)11-18/h7-10,15H,2-6,11H2,1H3,(H,23,25)(H2,22,24,26)/t15-/m0/s1. The number of nitrogens with one attached hydrogen (secondary N) is 3. The van der Waals surface area contributed by atoms with E-state index in [2.05, 4.69) is 35.0 Å². The lowest BCUT2D eigenvalue weighted by molar-refractivity contribution is -0.119. The highest BCUT2D eigenvalue weighted by molar-refractivity contribution is 7.80. The summed E-state index contributed by atoms with van der Waals surface area (Å²) >= 11 is 28.3. The van der Waals surface area contributed by atoms with Crippen molar-refractivity contribution in [3.8, 4) is 0 Å². The number of thiocarbonyl (C=S) groups is 1. The molecule has 0 aliphatic carbocycles. The summed E-state index contributed by atoms with van der Waals surface area (Å²) in [5, 5.41) is 8.44. The largest absolute Gasteiger partial charge is 0.339 e. The molecule has 1 atom stereocenters. The minimum absolute atomic E-state index is 0.215. The van der Waals surface area contributed by atoms with E-state index in [-0.39, 0.29) is 11.0 Å². The summed E-state index contributed by atoms with van der Waals surface area (Å²) in [6.45, 7) is 2.20. The maximum absolute atomic E-state index is 11.5. The average Bonchev–Trinajstić information content (AvgIpc) is 2.58. The Bertz CT molecular complexity index is 578. The van der Waals surface area contributed by atoms with E-state index in [1.807, 2.05) is 12.1 Å². The molecular formula is C17H23Cl4N3OS. The lowest BCUT2D eigenvalue weighted by Gasteiger charge is -2.27. The molecule has 26 heavy (non-hydrogen) atoms. The number of anilines is 1. The van der Waals surface area contributed by atoms with Gasteiger partial charge in [0.15, 0.2) is 5.11 Å². The molecule has 1 rings (SSSR count). The molecule has 1 amide bonds. The second-order valence-corrected chi connectivity index (χ2v) is 8.83. The number of carbonyl (C=O) groups is 1. The van der Waals surface area contributed by atoms with Crippen molar-refractivity contribution < 1.29 is 4.79 Å². The fraction of sp³-hybridized carbons (Fsp3) is 0.529.